The Hall–Kier alpha value is -3.56. The summed E-state index contributed by atoms with van der Waals surface area (Å²) in [7, 11) is 1.54. The van der Waals surface area contributed by atoms with E-state index in [0.717, 1.165) is 30.3 Å². The first-order valence-electron chi connectivity index (χ1n) is 12.9. The van der Waals surface area contributed by atoms with Crippen LogP contribution in [0.2, 0.25) is 0 Å². The molecule has 4 heterocycles. The molecule has 2 bridgehead atoms. The Morgan fingerprint density at radius 1 is 1.10 bits per heavy atom. The Morgan fingerprint density at radius 2 is 1.80 bits per heavy atom. The average molecular weight is 593 g/mol. The summed E-state index contributed by atoms with van der Waals surface area (Å²) >= 11 is 5.48. The predicted octanol–water partition coefficient (Wildman–Crippen LogP) is 6.65. The van der Waals surface area contributed by atoms with E-state index in [-0.39, 0.29) is 29.1 Å². The molecule has 0 radical (unpaired) electrons. The third kappa shape index (κ3) is 6.06. The van der Waals surface area contributed by atoms with Crippen molar-refractivity contribution in [2.24, 2.45) is 11.8 Å². The first-order chi connectivity index (χ1) is 19.4. The molecule has 3 aromatic rings. The van der Waals surface area contributed by atoms with Crippen molar-refractivity contribution in [1.29, 1.82) is 0 Å². The zero-order valence-corrected chi connectivity index (χ0v) is 22.6. The summed E-state index contributed by atoms with van der Waals surface area (Å²) in [6.45, 7) is 1.49. The lowest BCUT2D eigenvalue weighted by Crippen LogP contribution is -2.57. The maximum absolute atomic E-state index is 13.4. The number of aromatic nitrogens is 1. The van der Waals surface area contributed by atoms with Gasteiger partial charge in [-0.15, -0.1) is 12.3 Å². The first-order valence-corrected chi connectivity index (χ1v) is 13.3. The molecule has 3 unspecified atom stereocenters. The molecule has 0 saturated carbocycles. The van der Waals surface area contributed by atoms with Crippen LogP contribution in [-0.2, 0) is 12.4 Å². The van der Waals surface area contributed by atoms with Gasteiger partial charge in [0.1, 0.15) is 5.75 Å². The number of pyridine rings is 1. The number of thiocarbonyl (C=S) groups is 1. The molecule has 3 aliphatic rings. The van der Waals surface area contributed by atoms with Crippen LogP contribution in [0.25, 0.3) is 10.9 Å². The van der Waals surface area contributed by atoms with Crippen molar-refractivity contribution in [2.75, 3.05) is 25.5 Å². The van der Waals surface area contributed by atoms with Crippen molar-refractivity contribution in [3.05, 3.63) is 65.4 Å². The van der Waals surface area contributed by atoms with Crippen LogP contribution in [0, 0.1) is 24.2 Å². The number of alkyl halides is 6. The van der Waals surface area contributed by atoms with Crippen LogP contribution in [0.3, 0.4) is 0 Å². The van der Waals surface area contributed by atoms with Gasteiger partial charge in [0.15, 0.2) is 5.11 Å². The summed E-state index contributed by atoms with van der Waals surface area (Å²) in [6, 6.07) is 7.97. The lowest BCUT2D eigenvalue weighted by atomic mass is 9.73. The predicted molar refractivity (Wildman–Crippen MR) is 147 cm³/mol. The molecule has 0 amide bonds. The van der Waals surface area contributed by atoms with Crippen LogP contribution < -0.4 is 15.4 Å². The number of anilines is 1. The van der Waals surface area contributed by atoms with Crippen molar-refractivity contribution in [3.63, 3.8) is 0 Å². The molecule has 0 spiro atoms. The Balaban J connectivity index is 1.51. The van der Waals surface area contributed by atoms with Gasteiger partial charge in [-0.2, -0.15) is 26.3 Å². The molecule has 3 aliphatic heterocycles. The fourth-order valence-electron chi connectivity index (χ4n) is 5.87. The number of rotatable bonds is 5. The SMILES string of the molecule is C#CC1CN2CCC1C[C@@H]2[C@H](NC(=S)Nc1cc(C(F)(F)F)cc(C(F)(F)F)c1)c1ccnc2ccc(OC)cc12. The molecule has 3 saturated heterocycles. The Kier molecular flexibility index (Phi) is 7.78. The molecule has 216 valence electrons. The lowest BCUT2D eigenvalue weighted by Gasteiger charge is -2.51. The van der Waals surface area contributed by atoms with Gasteiger partial charge in [-0.3, -0.25) is 9.88 Å². The van der Waals surface area contributed by atoms with Gasteiger partial charge in [-0.1, -0.05) is 0 Å². The van der Waals surface area contributed by atoms with Gasteiger partial charge in [-0.05, 0) is 85.6 Å². The van der Waals surface area contributed by atoms with E-state index in [1.54, 1.807) is 19.4 Å². The fourth-order valence-corrected chi connectivity index (χ4v) is 6.11. The van der Waals surface area contributed by atoms with Gasteiger partial charge in [0.05, 0.1) is 29.8 Å². The number of ether oxygens (including phenoxy) is 1. The number of fused-ring (bicyclic) bond motifs is 4. The normalized spacial score (nSPS) is 23.1. The van der Waals surface area contributed by atoms with Crippen molar-refractivity contribution in [3.8, 4) is 18.1 Å². The van der Waals surface area contributed by atoms with Crippen molar-refractivity contribution < 1.29 is 31.1 Å². The van der Waals surface area contributed by atoms with E-state index in [1.807, 2.05) is 18.2 Å². The summed E-state index contributed by atoms with van der Waals surface area (Å²) in [5.74, 6) is 3.86. The van der Waals surface area contributed by atoms with Crippen molar-refractivity contribution >= 4 is 33.9 Å². The average Bonchev–Trinajstić information content (AvgIpc) is 2.94. The van der Waals surface area contributed by atoms with Crippen LogP contribution in [0.4, 0.5) is 32.0 Å². The third-order valence-electron chi connectivity index (χ3n) is 7.85. The number of piperidine rings is 3. The van der Waals surface area contributed by atoms with E-state index in [2.05, 4.69) is 26.4 Å². The third-order valence-corrected chi connectivity index (χ3v) is 8.07. The molecule has 12 heteroatoms. The summed E-state index contributed by atoms with van der Waals surface area (Å²) in [5, 5.41) is 6.44. The second-order valence-electron chi connectivity index (χ2n) is 10.3. The van der Waals surface area contributed by atoms with Gasteiger partial charge in [-0.25, -0.2) is 0 Å². The topological polar surface area (TPSA) is 49.4 Å². The number of nitrogens with zero attached hydrogens (tertiary/aromatic N) is 2. The molecule has 5 atom stereocenters. The van der Waals surface area contributed by atoms with E-state index in [0.29, 0.717) is 29.9 Å². The summed E-state index contributed by atoms with van der Waals surface area (Å²) in [4.78, 5) is 6.71. The number of hydrogen-bond donors (Lipinski definition) is 2. The Bertz CT molecular complexity index is 1470. The molecule has 1 aromatic heterocycles. The van der Waals surface area contributed by atoms with Crippen molar-refractivity contribution in [2.45, 2.75) is 37.3 Å². The van der Waals surface area contributed by atoms with E-state index in [4.69, 9.17) is 23.4 Å². The quantitative estimate of drug-likeness (QED) is 0.197. The zero-order chi connectivity index (χ0) is 29.5. The largest absolute Gasteiger partial charge is 0.497 e. The maximum atomic E-state index is 13.4. The number of hydrogen-bond acceptors (Lipinski definition) is 4. The molecule has 5 nitrogen and oxygen atoms in total. The minimum Gasteiger partial charge on any atom is -0.497 e. The second-order valence-corrected chi connectivity index (χ2v) is 10.7. The van der Waals surface area contributed by atoms with E-state index in [9.17, 15) is 26.3 Å². The first kappa shape index (κ1) is 29.0. The fraction of sp³-hybridized carbons (Fsp3) is 0.379. The number of halogens is 6. The molecule has 41 heavy (non-hydrogen) atoms. The monoisotopic (exact) mass is 592 g/mol. The molecule has 0 aliphatic carbocycles. The molecule has 2 N–H and O–H groups in total. The van der Waals surface area contributed by atoms with Gasteiger partial charge in [0, 0.05) is 35.8 Å². The number of methoxy groups -OCH3 is 1. The molecule has 3 fully saturated rings. The Morgan fingerprint density at radius 3 is 2.39 bits per heavy atom. The van der Waals surface area contributed by atoms with Gasteiger partial charge >= 0.3 is 12.4 Å². The van der Waals surface area contributed by atoms with Crippen molar-refractivity contribution in [1.82, 2.24) is 15.2 Å². The summed E-state index contributed by atoms with van der Waals surface area (Å²) in [6.07, 6.45) is -0.851. The van der Waals surface area contributed by atoms with E-state index >= 15 is 0 Å². The number of terminal acetylenes is 1. The van der Waals surface area contributed by atoms with Gasteiger partial charge < -0.3 is 15.4 Å². The number of benzene rings is 2. The Labute approximate surface area is 238 Å². The minimum absolute atomic E-state index is 0.0783. The van der Waals surface area contributed by atoms with Gasteiger partial charge in [0.25, 0.3) is 0 Å². The van der Waals surface area contributed by atoms with Crippen LogP contribution in [0.5, 0.6) is 5.75 Å². The van der Waals surface area contributed by atoms with Crippen LogP contribution in [0.1, 0.15) is 35.6 Å². The maximum Gasteiger partial charge on any atom is 0.416 e. The van der Waals surface area contributed by atoms with Crippen LogP contribution in [-0.4, -0.2) is 41.2 Å². The molecule has 2 aromatic carbocycles. The standard InChI is InChI=1S/C29H26F6N4OS/c1-3-16-15-39-9-7-17(16)10-25(39)26(22-6-8-36-24-5-4-21(40-2)14-23(22)24)38-27(41)37-20-12-18(28(30,31)32)11-19(13-20)29(33,34)35/h1,4-6,8,11-14,16-17,25-26H,7,9-10,15H2,2H3,(H2,37,38,41)/t16?,17?,25-,26-/m1/s1. The highest BCUT2D eigenvalue weighted by atomic mass is 32.1. The van der Waals surface area contributed by atoms with E-state index in [1.165, 1.54) is 0 Å². The highest BCUT2D eigenvalue weighted by molar-refractivity contribution is 7.80. The molecular weight excluding hydrogens is 566 g/mol. The molecular formula is C29H26F6N4OS. The minimum atomic E-state index is -4.98. The molecule has 6 rings (SSSR count). The van der Waals surface area contributed by atoms with Crippen LogP contribution >= 0.6 is 12.2 Å². The highest BCUT2D eigenvalue weighted by Crippen LogP contribution is 2.42. The highest BCUT2D eigenvalue weighted by Gasteiger charge is 2.44. The van der Waals surface area contributed by atoms with E-state index < -0.39 is 35.2 Å². The summed E-state index contributed by atoms with van der Waals surface area (Å²) in [5.41, 5.74) is -1.79. The number of nitrogens with one attached hydrogen (secondary N) is 2. The summed E-state index contributed by atoms with van der Waals surface area (Å²) < 4.78 is 86.0. The van der Waals surface area contributed by atoms with Gasteiger partial charge in [0.2, 0.25) is 0 Å². The van der Waals surface area contributed by atoms with Crippen LogP contribution in [0.15, 0.2) is 48.7 Å². The lowest BCUT2D eigenvalue weighted by molar-refractivity contribution is -0.143. The second kappa shape index (κ2) is 11.0. The smallest absolute Gasteiger partial charge is 0.416 e. The zero-order valence-electron chi connectivity index (χ0n) is 21.8.